The predicted molar refractivity (Wildman–Crippen MR) is 65.1 cm³/mol. The molecule has 0 saturated heterocycles. The van der Waals surface area contributed by atoms with Crippen LogP contribution in [0.2, 0.25) is 0 Å². The van der Waals surface area contributed by atoms with Crippen molar-refractivity contribution < 1.29 is 4.74 Å². The minimum atomic E-state index is 0.277. The predicted octanol–water partition coefficient (Wildman–Crippen LogP) is 2.20. The first kappa shape index (κ1) is 11.0. The zero-order valence-corrected chi connectivity index (χ0v) is 9.65. The number of hydrogen-bond acceptors (Lipinski definition) is 4. The second-order valence-electron chi connectivity index (χ2n) is 4.64. The third kappa shape index (κ3) is 2.56. The molecule has 1 fully saturated rings. The van der Waals surface area contributed by atoms with Gasteiger partial charge in [-0.15, -0.1) is 0 Å². The molecule has 0 aliphatic heterocycles. The maximum absolute atomic E-state index is 5.81. The van der Waals surface area contributed by atoms with Crippen LogP contribution in [0.3, 0.4) is 0 Å². The molecule has 16 heavy (non-hydrogen) atoms. The van der Waals surface area contributed by atoms with Gasteiger partial charge in [-0.1, -0.05) is 13.3 Å². The van der Waals surface area contributed by atoms with Gasteiger partial charge in [-0.05, 0) is 31.2 Å². The molecular weight excluding hydrogens is 202 g/mol. The average Bonchev–Trinajstić information content (AvgIpc) is 2.24. The van der Waals surface area contributed by atoms with Crippen LogP contribution in [-0.4, -0.2) is 11.1 Å². The largest absolute Gasteiger partial charge is 0.474 e. The lowest BCUT2D eigenvalue weighted by atomic mass is 9.89. The molecular formula is C12H19N3O. The van der Waals surface area contributed by atoms with Crippen LogP contribution in [0, 0.1) is 5.92 Å². The molecule has 1 saturated carbocycles. The van der Waals surface area contributed by atoms with E-state index in [1.54, 1.807) is 12.1 Å². The van der Waals surface area contributed by atoms with E-state index in [2.05, 4.69) is 11.9 Å². The standard InChI is InChI=1S/C12H19N3O/c1-8-3-2-4-9(7-8)16-11-6-5-10(13)12(14)15-11/h5-6,8-9H,2-4,7,13H2,1H3,(H2,14,15). The Labute approximate surface area is 96.0 Å². The summed E-state index contributed by atoms with van der Waals surface area (Å²) in [5, 5.41) is 0. The van der Waals surface area contributed by atoms with Crippen molar-refractivity contribution >= 4 is 11.5 Å². The summed E-state index contributed by atoms with van der Waals surface area (Å²) in [7, 11) is 0. The molecule has 4 N–H and O–H groups in total. The summed E-state index contributed by atoms with van der Waals surface area (Å²) >= 11 is 0. The normalized spacial score (nSPS) is 25.3. The van der Waals surface area contributed by atoms with Crippen LogP contribution in [-0.2, 0) is 0 Å². The Bertz CT molecular complexity index is 367. The first-order valence-corrected chi connectivity index (χ1v) is 5.84. The molecule has 2 atom stereocenters. The van der Waals surface area contributed by atoms with E-state index in [1.165, 1.54) is 12.8 Å². The number of nitrogens with zero attached hydrogens (tertiary/aromatic N) is 1. The minimum absolute atomic E-state index is 0.277. The van der Waals surface area contributed by atoms with E-state index in [-0.39, 0.29) is 6.10 Å². The number of ether oxygens (including phenoxy) is 1. The van der Waals surface area contributed by atoms with Crippen molar-refractivity contribution in [3.63, 3.8) is 0 Å². The summed E-state index contributed by atoms with van der Waals surface area (Å²) in [6.45, 7) is 2.26. The summed E-state index contributed by atoms with van der Waals surface area (Å²) in [6.07, 6.45) is 5.02. The van der Waals surface area contributed by atoms with Gasteiger partial charge in [-0.25, -0.2) is 0 Å². The van der Waals surface area contributed by atoms with E-state index in [1.807, 2.05) is 0 Å². The quantitative estimate of drug-likeness (QED) is 0.803. The van der Waals surface area contributed by atoms with Gasteiger partial charge < -0.3 is 16.2 Å². The van der Waals surface area contributed by atoms with Gasteiger partial charge in [0.05, 0.1) is 5.69 Å². The van der Waals surface area contributed by atoms with Gasteiger partial charge >= 0.3 is 0 Å². The van der Waals surface area contributed by atoms with Gasteiger partial charge in [0.1, 0.15) is 6.10 Å². The highest BCUT2D eigenvalue weighted by molar-refractivity contribution is 5.58. The fraction of sp³-hybridized carbons (Fsp3) is 0.583. The zero-order valence-electron chi connectivity index (χ0n) is 9.65. The maximum Gasteiger partial charge on any atom is 0.215 e. The average molecular weight is 221 g/mol. The highest BCUT2D eigenvalue weighted by Gasteiger charge is 2.20. The maximum atomic E-state index is 5.81. The monoisotopic (exact) mass is 221 g/mol. The van der Waals surface area contributed by atoms with Crippen molar-refractivity contribution in [2.75, 3.05) is 11.5 Å². The van der Waals surface area contributed by atoms with Crippen LogP contribution in [0.1, 0.15) is 32.6 Å². The first-order chi connectivity index (χ1) is 7.65. The first-order valence-electron chi connectivity index (χ1n) is 5.84. The summed E-state index contributed by atoms with van der Waals surface area (Å²) in [5.41, 5.74) is 11.7. The van der Waals surface area contributed by atoms with Gasteiger partial charge in [0, 0.05) is 6.07 Å². The van der Waals surface area contributed by atoms with Crippen LogP contribution in [0.5, 0.6) is 5.88 Å². The van der Waals surface area contributed by atoms with Crippen molar-refractivity contribution in [3.05, 3.63) is 12.1 Å². The van der Waals surface area contributed by atoms with Crippen LogP contribution >= 0.6 is 0 Å². The molecule has 4 nitrogen and oxygen atoms in total. The Kier molecular flexibility index (Phi) is 3.17. The van der Waals surface area contributed by atoms with Crippen molar-refractivity contribution in [2.24, 2.45) is 5.92 Å². The van der Waals surface area contributed by atoms with Gasteiger partial charge in [-0.3, -0.25) is 0 Å². The molecule has 0 radical (unpaired) electrons. The Balaban J connectivity index is 2.00. The Morgan fingerprint density at radius 2 is 2.12 bits per heavy atom. The molecule has 0 amide bonds. The highest BCUT2D eigenvalue weighted by atomic mass is 16.5. The molecule has 2 unspecified atom stereocenters. The van der Waals surface area contributed by atoms with Gasteiger partial charge in [0.15, 0.2) is 5.82 Å². The van der Waals surface area contributed by atoms with Gasteiger partial charge in [0.25, 0.3) is 0 Å². The van der Waals surface area contributed by atoms with Crippen LogP contribution in [0.25, 0.3) is 0 Å². The van der Waals surface area contributed by atoms with Crippen LogP contribution in [0.15, 0.2) is 12.1 Å². The number of hydrogen-bond donors (Lipinski definition) is 2. The van der Waals surface area contributed by atoms with E-state index in [4.69, 9.17) is 16.2 Å². The number of pyridine rings is 1. The Morgan fingerprint density at radius 1 is 1.31 bits per heavy atom. The number of nitrogens with two attached hydrogens (primary N) is 2. The van der Waals surface area contributed by atoms with E-state index >= 15 is 0 Å². The number of nitrogen functional groups attached to an aromatic ring is 2. The lowest BCUT2D eigenvalue weighted by molar-refractivity contribution is 0.124. The molecule has 1 aromatic rings. The lowest BCUT2D eigenvalue weighted by Gasteiger charge is -2.26. The number of aromatic nitrogens is 1. The summed E-state index contributed by atoms with van der Waals surface area (Å²) in [6, 6.07) is 3.52. The third-order valence-corrected chi connectivity index (χ3v) is 3.11. The molecule has 0 bridgehead atoms. The second-order valence-corrected chi connectivity index (χ2v) is 4.64. The van der Waals surface area contributed by atoms with E-state index in [0.29, 0.717) is 17.4 Å². The number of anilines is 2. The SMILES string of the molecule is CC1CCCC(Oc2ccc(N)c(N)n2)C1. The summed E-state index contributed by atoms with van der Waals surface area (Å²) in [5.74, 6) is 1.68. The fourth-order valence-corrected chi connectivity index (χ4v) is 2.19. The minimum Gasteiger partial charge on any atom is -0.474 e. The summed E-state index contributed by atoms with van der Waals surface area (Å²) in [4.78, 5) is 4.12. The van der Waals surface area contributed by atoms with E-state index in [9.17, 15) is 0 Å². The smallest absolute Gasteiger partial charge is 0.215 e. The Hall–Kier alpha value is -1.45. The summed E-state index contributed by atoms with van der Waals surface area (Å²) < 4.78 is 5.81. The van der Waals surface area contributed by atoms with E-state index in [0.717, 1.165) is 18.8 Å². The van der Waals surface area contributed by atoms with Gasteiger partial charge in [-0.2, -0.15) is 4.98 Å². The molecule has 88 valence electrons. The highest BCUT2D eigenvalue weighted by Crippen LogP contribution is 2.27. The molecule has 4 heteroatoms. The van der Waals surface area contributed by atoms with Crippen LogP contribution in [0.4, 0.5) is 11.5 Å². The zero-order chi connectivity index (χ0) is 11.5. The van der Waals surface area contributed by atoms with Crippen molar-refractivity contribution in [1.82, 2.24) is 4.98 Å². The van der Waals surface area contributed by atoms with Crippen molar-refractivity contribution in [3.8, 4) is 5.88 Å². The molecule has 0 aromatic carbocycles. The number of rotatable bonds is 2. The topological polar surface area (TPSA) is 74.2 Å². The van der Waals surface area contributed by atoms with Crippen molar-refractivity contribution in [2.45, 2.75) is 38.7 Å². The van der Waals surface area contributed by atoms with Crippen molar-refractivity contribution in [1.29, 1.82) is 0 Å². The van der Waals surface area contributed by atoms with Crippen LogP contribution < -0.4 is 16.2 Å². The Morgan fingerprint density at radius 3 is 2.81 bits per heavy atom. The molecule has 2 rings (SSSR count). The lowest BCUT2D eigenvalue weighted by Crippen LogP contribution is -2.24. The fourth-order valence-electron chi connectivity index (χ4n) is 2.19. The third-order valence-electron chi connectivity index (χ3n) is 3.11. The molecule has 1 aliphatic rings. The molecule has 1 heterocycles. The molecule has 1 aromatic heterocycles. The van der Waals surface area contributed by atoms with Gasteiger partial charge in [0.2, 0.25) is 5.88 Å². The molecule has 0 spiro atoms. The second kappa shape index (κ2) is 4.60. The molecule has 1 aliphatic carbocycles. The van der Waals surface area contributed by atoms with E-state index < -0.39 is 0 Å².